The number of hydrogen-bond donors (Lipinski definition) is 2. The molecule has 1 atom stereocenters. The van der Waals surface area contributed by atoms with Crippen LogP contribution in [0.5, 0.6) is 0 Å². The van der Waals surface area contributed by atoms with Crippen molar-refractivity contribution >= 4 is 28.8 Å². The van der Waals surface area contributed by atoms with E-state index in [9.17, 15) is 13.6 Å². The molecule has 0 saturated carbocycles. The molecule has 0 spiro atoms. The Morgan fingerprint density at radius 1 is 1.50 bits per heavy atom. The molecular formula is C10H10F2N2OS. The van der Waals surface area contributed by atoms with Gasteiger partial charge in [0.15, 0.2) is 11.6 Å². The average Bonchev–Trinajstić information content (AvgIpc) is 2.23. The van der Waals surface area contributed by atoms with Gasteiger partial charge in [0.1, 0.15) is 0 Å². The van der Waals surface area contributed by atoms with Gasteiger partial charge in [-0.2, -0.15) is 0 Å². The summed E-state index contributed by atoms with van der Waals surface area (Å²) >= 11 is 4.62. The maximum Gasteiger partial charge on any atom is 0.234 e. The van der Waals surface area contributed by atoms with Gasteiger partial charge in [0, 0.05) is 0 Å². The van der Waals surface area contributed by atoms with E-state index in [0.717, 1.165) is 6.07 Å². The van der Waals surface area contributed by atoms with Gasteiger partial charge in [0.25, 0.3) is 0 Å². The van der Waals surface area contributed by atoms with Gasteiger partial charge in [-0.1, -0.05) is 18.3 Å². The van der Waals surface area contributed by atoms with Gasteiger partial charge in [-0.15, -0.1) is 0 Å². The summed E-state index contributed by atoms with van der Waals surface area (Å²) in [5.74, 6) is -3.44. The van der Waals surface area contributed by atoms with Crippen molar-refractivity contribution in [2.24, 2.45) is 11.7 Å². The Morgan fingerprint density at radius 2 is 2.12 bits per heavy atom. The van der Waals surface area contributed by atoms with Crippen LogP contribution in [-0.2, 0) is 4.79 Å². The first kappa shape index (κ1) is 12.5. The maximum atomic E-state index is 13.2. The van der Waals surface area contributed by atoms with Crippen molar-refractivity contribution in [3.05, 3.63) is 29.8 Å². The standard InChI is InChI=1S/C10H10F2N2OS/c1-5(9(13)16)10(15)14-7-4-2-3-6(11)8(7)12/h2-5H,1H3,(H2,13,16)(H,14,15). The number of benzene rings is 1. The van der Waals surface area contributed by atoms with Crippen LogP contribution in [0, 0.1) is 17.6 Å². The molecule has 3 N–H and O–H groups in total. The first-order chi connectivity index (χ1) is 7.43. The Hall–Kier alpha value is -1.56. The molecule has 3 nitrogen and oxygen atoms in total. The molecule has 0 aliphatic heterocycles. The van der Waals surface area contributed by atoms with E-state index in [1.807, 2.05) is 0 Å². The van der Waals surface area contributed by atoms with E-state index in [4.69, 9.17) is 5.73 Å². The number of carbonyl (C=O) groups is 1. The zero-order valence-electron chi connectivity index (χ0n) is 8.46. The van der Waals surface area contributed by atoms with Crippen molar-refractivity contribution in [2.45, 2.75) is 6.92 Å². The number of carbonyl (C=O) groups excluding carboxylic acids is 1. The molecule has 1 rings (SSSR count). The third kappa shape index (κ3) is 2.73. The lowest BCUT2D eigenvalue weighted by atomic mass is 10.1. The van der Waals surface area contributed by atoms with E-state index in [1.54, 1.807) is 0 Å². The van der Waals surface area contributed by atoms with Crippen LogP contribution in [0.1, 0.15) is 6.92 Å². The number of nitrogens with one attached hydrogen (secondary N) is 1. The molecule has 0 aliphatic carbocycles. The van der Waals surface area contributed by atoms with E-state index >= 15 is 0 Å². The van der Waals surface area contributed by atoms with Crippen LogP contribution < -0.4 is 11.1 Å². The Morgan fingerprint density at radius 3 is 2.69 bits per heavy atom. The molecule has 1 aromatic carbocycles. The van der Waals surface area contributed by atoms with Gasteiger partial charge in [-0.25, -0.2) is 8.78 Å². The molecule has 1 aromatic rings. The zero-order chi connectivity index (χ0) is 12.3. The highest BCUT2D eigenvalue weighted by Gasteiger charge is 2.17. The van der Waals surface area contributed by atoms with Crippen molar-refractivity contribution < 1.29 is 13.6 Å². The molecule has 0 radical (unpaired) electrons. The third-order valence-electron chi connectivity index (χ3n) is 2.03. The molecule has 0 bridgehead atoms. The predicted octanol–water partition coefficient (Wildman–Crippen LogP) is 1.83. The molecule has 0 aliphatic rings. The van der Waals surface area contributed by atoms with Crippen LogP contribution in [0.3, 0.4) is 0 Å². The Kier molecular flexibility index (Phi) is 3.89. The molecule has 0 heterocycles. The van der Waals surface area contributed by atoms with Crippen LogP contribution in [0.4, 0.5) is 14.5 Å². The summed E-state index contributed by atoms with van der Waals surface area (Å²) in [7, 11) is 0. The van der Waals surface area contributed by atoms with Crippen molar-refractivity contribution in [3.8, 4) is 0 Å². The zero-order valence-corrected chi connectivity index (χ0v) is 9.28. The minimum absolute atomic E-state index is 0.00527. The normalized spacial score (nSPS) is 11.9. The third-order valence-corrected chi connectivity index (χ3v) is 2.38. The van der Waals surface area contributed by atoms with E-state index in [-0.39, 0.29) is 10.7 Å². The number of amides is 1. The minimum atomic E-state index is -1.11. The first-order valence-electron chi connectivity index (χ1n) is 4.47. The predicted molar refractivity (Wildman–Crippen MR) is 60.9 cm³/mol. The highest BCUT2D eigenvalue weighted by Crippen LogP contribution is 2.17. The lowest BCUT2D eigenvalue weighted by molar-refractivity contribution is -0.117. The molecule has 0 fully saturated rings. The minimum Gasteiger partial charge on any atom is -0.393 e. The molecule has 1 amide bonds. The molecule has 1 unspecified atom stereocenters. The van der Waals surface area contributed by atoms with Crippen LogP contribution in [0.15, 0.2) is 18.2 Å². The largest absolute Gasteiger partial charge is 0.393 e. The Bertz CT molecular complexity index is 437. The van der Waals surface area contributed by atoms with Gasteiger partial charge in [0.05, 0.1) is 16.6 Å². The van der Waals surface area contributed by atoms with Crippen LogP contribution in [0.2, 0.25) is 0 Å². The summed E-state index contributed by atoms with van der Waals surface area (Å²) in [6.07, 6.45) is 0. The summed E-state index contributed by atoms with van der Waals surface area (Å²) in [6, 6.07) is 3.50. The van der Waals surface area contributed by atoms with Crippen molar-refractivity contribution in [1.82, 2.24) is 0 Å². The fourth-order valence-corrected chi connectivity index (χ4v) is 1.08. The second-order valence-corrected chi connectivity index (χ2v) is 3.69. The lowest BCUT2D eigenvalue weighted by Crippen LogP contribution is -2.31. The fraction of sp³-hybridized carbons (Fsp3) is 0.200. The van der Waals surface area contributed by atoms with Crippen molar-refractivity contribution in [2.75, 3.05) is 5.32 Å². The van der Waals surface area contributed by atoms with Gasteiger partial charge >= 0.3 is 0 Å². The van der Waals surface area contributed by atoms with Gasteiger partial charge < -0.3 is 11.1 Å². The van der Waals surface area contributed by atoms with Crippen molar-refractivity contribution in [3.63, 3.8) is 0 Å². The number of nitrogens with two attached hydrogens (primary N) is 1. The first-order valence-corrected chi connectivity index (χ1v) is 4.88. The topological polar surface area (TPSA) is 55.1 Å². The average molecular weight is 244 g/mol. The molecule has 0 aromatic heterocycles. The number of hydrogen-bond acceptors (Lipinski definition) is 2. The molecule has 86 valence electrons. The highest BCUT2D eigenvalue weighted by molar-refractivity contribution is 7.80. The van der Waals surface area contributed by atoms with Crippen molar-refractivity contribution in [1.29, 1.82) is 0 Å². The number of anilines is 1. The summed E-state index contributed by atoms with van der Waals surface area (Å²) in [5, 5.41) is 2.21. The number of rotatable bonds is 3. The van der Waals surface area contributed by atoms with E-state index < -0.39 is 23.5 Å². The highest BCUT2D eigenvalue weighted by atomic mass is 32.1. The summed E-state index contributed by atoms with van der Waals surface area (Å²) in [6.45, 7) is 1.48. The van der Waals surface area contributed by atoms with E-state index in [0.29, 0.717) is 0 Å². The number of thiocarbonyl (C=S) groups is 1. The Labute approximate surface area is 96.6 Å². The molecule has 6 heteroatoms. The monoisotopic (exact) mass is 244 g/mol. The summed E-state index contributed by atoms with van der Waals surface area (Å²) < 4.78 is 26.0. The maximum absolute atomic E-state index is 13.2. The molecule has 16 heavy (non-hydrogen) atoms. The fourth-order valence-electron chi connectivity index (χ4n) is 0.971. The SMILES string of the molecule is CC(C(=O)Nc1cccc(F)c1F)C(N)=S. The second-order valence-electron chi connectivity index (χ2n) is 3.21. The number of halogens is 2. The van der Waals surface area contributed by atoms with Gasteiger partial charge in [-0.3, -0.25) is 4.79 Å². The quantitative estimate of drug-likeness (QED) is 0.797. The van der Waals surface area contributed by atoms with Crippen LogP contribution >= 0.6 is 12.2 Å². The lowest BCUT2D eigenvalue weighted by Gasteiger charge is -2.11. The summed E-state index contributed by atoms with van der Waals surface area (Å²) in [5.41, 5.74) is 5.03. The van der Waals surface area contributed by atoms with Crippen LogP contribution in [-0.4, -0.2) is 10.9 Å². The smallest absolute Gasteiger partial charge is 0.234 e. The van der Waals surface area contributed by atoms with E-state index in [1.165, 1.54) is 19.1 Å². The van der Waals surface area contributed by atoms with Gasteiger partial charge in [-0.05, 0) is 19.1 Å². The molecule has 0 saturated heterocycles. The Balaban J connectivity index is 2.85. The second kappa shape index (κ2) is 4.98. The molecular weight excluding hydrogens is 234 g/mol. The summed E-state index contributed by atoms with van der Waals surface area (Å²) in [4.78, 5) is 11.4. The van der Waals surface area contributed by atoms with Gasteiger partial charge in [0.2, 0.25) is 5.91 Å². The van der Waals surface area contributed by atoms with Crippen LogP contribution in [0.25, 0.3) is 0 Å². The van der Waals surface area contributed by atoms with E-state index in [2.05, 4.69) is 17.5 Å².